The third-order valence-electron chi connectivity index (χ3n) is 2.03. The predicted octanol–water partition coefficient (Wildman–Crippen LogP) is -0.485. The number of rotatable bonds is 5. The summed E-state index contributed by atoms with van der Waals surface area (Å²) in [6.45, 7) is 3.73. The monoisotopic (exact) mass is 290 g/mol. The smallest absolute Gasteiger partial charge is 0.286 e. The molecule has 0 aliphatic heterocycles. The van der Waals surface area contributed by atoms with Gasteiger partial charge in [-0.25, -0.2) is 14.3 Å². The molecule has 18 heavy (non-hydrogen) atoms. The fraction of sp³-hybridized carbons (Fsp3) is 0.444. The van der Waals surface area contributed by atoms with E-state index in [9.17, 15) is 9.00 Å². The molecule has 0 spiro atoms. The summed E-state index contributed by atoms with van der Waals surface area (Å²) in [5.41, 5.74) is 5.42. The molecule has 1 rings (SSSR count). The zero-order valence-corrected chi connectivity index (χ0v) is 11.6. The first-order valence-corrected chi connectivity index (χ1v) is 7.72. The zero-order chi connectivity index (χ0) is 13.9. The summed E-state index contributed by atoms with van der Waals surface area (Å²) in [4.78, 5) is 18.9. The van der Waals surface area contributed by atoms with Crippen molar-refractivity contribution >= 4 is 25.8 Å². The summed E-state index contributed by atoms with van der Waals surface area (Å²) < 4.78 is 17.1. The van der Waals surface area contributed by atoms with E-state index in [-0.39, 0.29) is 23.2 Å². The second-order valence-corrected chi connectivity index (χ2v) is 6.31. The average Bonchev–Trinajstić information content (AvgIpc) is 2.26. The molecule has 1 amide bonds. The Balaban J connectivity index is 3.61. The van der Waals surface area contributed by atoms with Gasteiger partial charge in [0.25, 0.3) is 5.91 Å². The van der Waals surface area contributed by atoms with Crippen LogP contribution in [0.1, 0.15) is 30.2 Å². The highest BCUT2D eigenvalue weighted by Gasteiger charge is 2.22. The molecule has 0 aliphatic rings. The number of aromatic nitrogens is 2. The number of hydrogen-bond donors (Lipinski definition) is 2. The molecular formula is C9H14N4O3S2. The Labute approximate surface area is 110 Å². The second kappa shape index (κ2) is 5.55. The Bertz CT molecular complexity index is 571. The molecule has 100 valence electrons. The quantitative estimate of drug-likeness (QED) is 0.755. The first-order chi connectivity index (χ1) is 8.31. The van der Waals surface area contributed by atoms with E-state index in [0.29, 0.717) is 12.1 Å². The molecule has 0 radical (unpaired) electrons. The standard InChI is InChI=1S/C9H14N4O3S2/c1-3-5-6(18(11,15)17)9(16-4-2)13-8(12-5)7(10)14/h3-4H2,1-2H3,(H2,10,14)(H2,11,15,17). The fourth-order valence-corrected chi connectivity index (χ4v) is 2.71. The van der Waals surface area contributed by atoms with Crippen molar-refractivity contribution < 1.29 is 13.7 Å². The lowest BCUT2D eigenvalue weighted by Crippen LogP contribution is -2.22. The number of carbonyl (C=O) groups is 1. The van der Waals surface area contributed by atoms with Gasteiger partial charge in [0.1, 0.15) is 13.6 Å². The number of nitrogens with two attached hydrogens (primary N) is 2. The summed E-state index contributed by atoms with van der Waals surface area (Å²) in [5, 5.41) is 5.46. The number of nitrogens with zero attached hydrogens (tertiary/aromatic N) is 2. The molecule has 0 aromatic carbocycles. The van der Waals surface area contributed by atoms with Gasteiger partial charge in [-0.15, -0.1) is 0 Å². The third kappa shape index (κ3) is 3.12. The number of ether oxygens (including phenoxy) is 1. The lowest BCUT2D eigenvalue weighted by molar-refractivity contribution is 0.0988. The summed E-state index contributed by atoms with van der Waals surface area (Å²) in [6, 6.07) is 0. The highest BCUT2D eigenvalue weighted by Crippen LogP contribution is 2.24. The fourth-order valence-electron chi connectivity index (χ4n) is 1.34. The molecule has 1 atom stereocenters. The molecule has 0 saturated carbocycles. The van der Waals surface area contributed by atoms with E-state index in [4.69, 9.17) is 26.8 Å². The number of hydrogen-bond acceptors (Lipinski definition) is 6. The van der Waals surface area contributed by atoms with E-state index < -0.39 is 14.6 Å². The molecule has 4 N–H and O–H groups in total. The maximum Gasteiger partial charge on any atom is 0.286 e. The molecular weight excluding hydrogens is 276 g/mol. The predicted molar refractivity (Wildman–Crippen MR) is 69.1 cm³/mol. The van der Waals surface area contributed by atoms with Crippen LogP contribution in [0.5, 0.6) is 5.88 Å². The van der Waals surface area contributed by atoms with Crippen molar-refractivity contribution in [1.82, 2.24) is 9.97 Å². The van der Waals surface area contributed by atoms with E-state index >= 15 is 0 Å². The second-order valence-electron chi connectivity index (χ2n) is 3.32. The topological polar surface area (TPSA) is 121 Å². The highest BCUT2D eigenvalue weighted by molar-refractivity contribution is 8.31. The van der Waals surface area contributed by atoms with Crippen molar-refractivity contribution in [2.24, 2.45) is 10.9 Å². The van der Waals surface area contributed by atoms with Crippen LogP contribution in [0.3, 0.4) is 0 Å². The molecule has 0 saturated heterocycles. The highest BCUT2D eigenvalue weighted by atomic mass is 32.8. The molecule has 1 aromatic heterocycles. The van der Waals surface area contributed by atoms with Crippen molar-refractivity contribution in [3.05, 3.63) is 11.5 Å². The van der Waals surface area contributed by atoms with Crippen molar-refractivity contribution in [2.75, 3.05) is 6.61 Å². The van der Waals surface area contributed by atoms with Crippen molar-refractivity contribution in [3.63, 3.8) is 0 Å². The SMILES string of the molecule is CCOc1nc(C(N)=O)nc(CC)c1S(N)(=O)=S. The average molecular weight is 290 g/mol. The number of amides is 1. The van der Waals surface area contributed by atoms with E-state index in [1.807, 2.05) is 0 Å². The van der Waals surface area contributed by atoms with Gasteiger partial charge < -0.3 is 10.5 Å². The summed E-state index contributed by atoms with van der Waals surface area (Å²) >= 11 is 4.75. The molecule has 7 nitrogen and oxygen atoms in total. The summed E-state index contributed by atoms with van der Waals surface area (Å²) in [6.07, 6.45) is 0.378. The van der Waals surface area contributed by atoms with Crippen LogP contribution in [0.2, 0.25) is 0 Å². The van der Waals surface area contributed by atoms with Gasteiger partial charge in [-0.3, -0.25) is 4.79 Å². The van der Waals surface area contributed by atoms with Gasteiger partial charge in [0.15, 0.2) is 0 Å². The van der Waals surface area contributed by atoms with E-state index in [2.05, 4.69) is 9.97 Å². The van der Waals surface area contributed by atoms with Crippen LogP contribution in [0, 0.1) is 0 Å². The van der Waals surface area contributed by atoms with Gasteiger partial charge in [0.2, 0.25) is 11.7 Å². The molecule has 1 unspecified atom stereocenters. The zero-order valence-electron chi connectivity index (χ0n) is 10.0. The number of primary amides is 1. The molecule has 1 heterocycles. The van der Waals surface area contributed by atoms with Gasteiger partial charge in [-0.2, -0.15) is 4.98 Å². The Morgan fingerprint density at radius 1 is 1.44 bits per heavy atom. The largest absolute Gasteiger partial charge is 0.477 e. The van der Waals surface area contributed by atoms with E-state index in [0.717, 1.165) is 0 Å². The first kappa shape index (κ1) is 14.7. The molecule has 0 aliphatic carbocycles. The minimum absolute atomic E-state index is 0.0411. The maximum absolute atomic E-state index is 11.9. The van der Waals surface area contributed by atoms with Crippen molar-refractivity contribution in [1.29, 1.82) is 0 Å². The van der Waals surface area contributed by atoms with Crippen LogP contribution in [-0.2, 0) is 26.3 Å². The van der Waals surface area contributed by atoms with Crippen LogP contribution in [-0.4, -0.2) is 26.7 Å². The summed E-state index contributed by atoms with van der Waals surface area (Å²) in [7, 11) is -3.21. The molecule has 9 heteroatoms. The maximum atomic E-state index is 11.9. The minimum Gasteiger partial charge on any atom is -0.477 e. The van der Waals surface area contributed by atoms with Gasteiger partial charge in [0, 0.05) is 11.2 Å². The lowest BCUT2D eigenvalue weighted by Gasteiger charge is -2.13. The van der Waals surface area contributed by atoms with Gasteiger partial charge in [0.05, 0.1) is 12.3 Å². The van der Waals surface area contributed by atoms with Crippen LogP contribution < -0.4 is 15.6 Å². The van der Waals surface area contributed by atoms with Crippen LogP contribution >= 0.6 is 0 Å². The Morgan fingerprint density at radius 2 is 2.06 bits per heavy atom. The molecule has 0 bridgehead atoms. The Morgan fingerprint density at radius 3 is 2.44 bits per heavy atom. The van der Waals surface area contributed by atoms with Crippen molar-refractivity contribution in [3.8, 4) is 5.88 Å². The van der Waals surface area contributed by atoms with Crippen LogP contribution in [0.25, 0.3) is 0 Å². The van der Waals surface area contributed by atoms with E-state index in [1.54, 1.807) is 13.8 Å². The van der Waals surface area contributed by atoms with Gasteiger partial charge >= 0.3 is 0 Å². The number of aryl methyl sites for hydroxylation is 1. The first-order valence-electron chi connectivity index (χ1n) is 5.17. The number of carbonyl (C=O) groups excluding carboxylic acids is 1. The molecule has 0 fully saturated rings. The lowest BCUT2D eigenvalue weighted by atomic mass is 10.3. The Kier molecular flexibility index (Phi) is 4.54. The van der Waals surface area contributed by atoms with E-state index in [1.165, 1.54) is 0 Å². The third-order valence-corrected chi connectivity index (χ3v) is 3.50. The van der Waals surface area contributed by atoms with Crippen LogP contribution in [0.4, 0.5) is 0 Å². The minimum atomic E-state index is -3.21. The Hall–Kier alpha value is -1.32. The van der Waals surface area contributed by atoms with Crippen LogP contribution in [0.15, 0.2) is 4.90 Å². The normalized spacial score (nSPS) is 13.9. The van der Waals surface area contributed by atoms with Crippen molar-refractivity contribution in [2.45, 2.75) is 25.2 Å². The summed E-state index contributed by atoms with van der Waals surface area (Å²) in [5.74, 6) is -1.05. The van der Waals surface area contributed by atoms with Gasteiger partial charge in [-0.1, -0.05) is 6.92 Å². The molecule has 1 aromatic rings. The van der Waals surface area contributed by atoms with Gasteiger partial charge in [-0.05, 0) is 13.3 Å².